The highest BCUT2D eigenvalue weighted by Gasteiger charge is 2.09. The Kier molecular flexibility index (Phi) is 10.4. The zero-order chi connectivity index (χ0) is 20.2. The van der Waals surface area contributed by atoms with E-state index in [1.807, 2.05) is 0 Å². The van der Waals surface area contributed by atoms with Crippen LogP contribution in [0.25, 0.3) is 0 Å². The second-order valence-electron chi connectivity index (χ2n) is 5.80. The molecule has 0 fully saturated rings. The Bertz CT molecular complexity index is 692. The van der Waals surface area contributed by atoms with Crippen LogP contribution in [0.5, 0.6) is 0 Å². The first-order valence-corrected chi connectivity index (χ1v) is 11.2. The van der Waals surface area contributed by atoms with Crippen LogP contribution in [-0.4, -0.2) is 71.4 Å². The quantitative estimate of drug-likeness (QED) is 0.178. The number of hydrogen-bond acceptors (Lipinski definition) is 8. The van der Waals surface area contributed by atoms with E-state index in [4.69, 9.17) is 20.1 Å². The molecule has 28 heavy (non-hydrogen) atoms. The molecule has 0 aliphatic heterocycles. The number of nitrogens with zero attached hydrogens (tertiary/aromatic N) is 2. The van der Waals surface area contributed by atoms with Crippen molar-refractivity contribution in [3.63, 3.8) is 0 Å². The molecular formula is C18H22B2N2O4S2. The van der Waals surface area contributed by atoms with Gasteiger partial charge in [0.1, 0.15) is 0 Å². The first-order valence-electron chi connectivity index (χ1n) is 8.72. The molecule has 2 aromatic carbocycles. The van der Waals surface area contributed by atoms with Gasteiger partial charge >= 0.3 is 14.2 Å². The maximum Gasteiger partial charge on any atom is 0.488 e. The van der Waals surface area contributed by atoms with Gasteiger partial charge in [0, 0.05) is 37.0 Å². The summed E-state index contributed by atoms with van der Waals surface area (Å²) in [6.07, 6.45) is 3.56. The minimum atomic E-state index is -1.44. The lowest BCUT2D eigenvalue weighted by Gasteiger charge is -2.00. The normalized spacial score (nSPS) is 11.4. The SMILES string of the molecule is OB(O)c1ccc(C=NCCSSCCN=Cc2ccc(B(O)O)cc2)cc1. The van der Waals surface area contributed by atoms with Gasteiger partial charge in [0.15, 0.2) is 0 Å². The summed E-state index contributed by atoms with van der Waals surface area (Å²) in [5.41, 5.74) is 2.79. The van der Waals surface area contributed by atoms with Gasteiger partial charge in [0.05, 0.1) is 0 Å². The lowest BCUT2D eigenvalue weighted by Crippen LogP contribution is -2.29. The van der Waals surface area contributed by atoms with E-state index in [0.29, 0.717) is 24.0 Å². The molecule has 2 rings (SSSR count). The Hall–Kier alpha value is -1.55. The van der Waals surface area contributed by atoms with Crippen LogP contribution in [0.15, 0.2) is 58.5 Å². The summed E-state index contributed by atoms with van der Waals surface area (Å²) < 4.78 is 0. The predicted octanol–water partition coefficient (Wildman–Crippen LogP) is -0.0344. The van der Waals surface area contributed by atoms with Gasteiger partial charge in [0.2, 0.25) is 0 Å². The van der Waals surface area contributed by atoms with E-state index in [-0.39, 0.29) is 0 Å². The summed E-state index contributed by atoms with van der Waals surface area (Å²) >= 11 is 0. The van der Waals surface area contributed by atoms with Crippen molar-refractivity contribution in [1.82, 2.24) is 0 Å². The van der Waals surface area contributed by atoms with Crippen molar-refractivity contribution in [3.05, 3.63) is 59.7 Å². The molecule has 0 atom stereocenters. The van der Waals surface area contributed by atoms with Crippen molar-refractivity contribution < 1.29 is 20.1 Å². The summed E-state index contributed by atoms with van der Waals surface area (Å²) in [6.45, 7) is 1.43. The molecule has 146 valence electrons. The van der Waals surface area contributed by atoms with E-state index >= 15 is 0 Å². The van der Waals surface area contributed by atoms with Gasteiger partial charge in [-0.2, -0.15) is 0 Å². The first-order chi connectivity index (χ1) is 13.6. The van der Waals surface area contributed by atoms with Crippen LogP contribution in [0.1, 0.15) is 11.1 Å². The fourth-order valence-electron chi connectivity index (χ4n) is 2.15. The molecule has 0 heterocycles. The van der Waals surface area contributed by atoms with Crippen LogP contribution in [0, 0.1) is 0 Å². The zero-order valence-corrected chi connectivity index (χ0v) is 16.9. The Labute approximate surface area is 173 Å². The summed E-state index contributed by atoms with van der Waals surface area (Å²) in [7, 11) is 0.627. The Morgan fingerprint density at radius 1 is 0.643 bits per heavy atom. The second-order valence-corrected chi connectivity index (χ2v) is 8.50. The Balaban J connectivity index is 1.54. The predicted molar refractivity (Wildman–Crippen MR) is 122 cm³/mol. The molecule has 0 spiro atoms. The molecule has 0 radical (unpaired) electrons. The average Bonchev–Trinajstić information content (AvgIpc) is 2.70. The summed E-state index contributed by atoms with van der Waals surface area (Å²) in [5.74, 6) is 1.81. The van der Waals surface area contributed by atoms with Gasteiger partial charge in [-0.15, -0.1) is 0 Å². The van der Waals surface area contributed by atoms with Gasteiger partial charge < -0.3 is 20.1 Å². The van der Waals surface area contributed by atoms with E-state index in [0.717, 1.165) is 22.6 Å². The molecule has 0 aliphatic carbocycles. The minimum absolute atomic E-state index is 0.465. The molecule has 6 nitrogen and oxygen atoms in total. The van der Waals surface area contributed by atoms with Crippen molar-refractivity contribution in [2.45, 2.75) is 0 Å². The largest absolute Gasteiger partial charge is 0.488 e. The summed E-state index contributed by atoms with van der Waals surface area (Å²) in [6, 6.07) is 13.9. The van der Waals surface area contributed by atoms with Crippen LogP contribution in [0.4, 0.5) is 0 Å². The van der Waals surface area contributed by atoms with Crippen molar-refractivity contribution in [2.75, 3.05) is 24.6 Å². The van der Waals surface area contributed by atoms with Gasteiger partial charge in [0.25, 0.3) is 0 Å². The van der Waals surface area contributed by atoms with E-state index in [9.17, 15) is 0 Å². The van der Waals surface area contributed by atoms with Crippen molar-refractivity contribution in [3.8, 4) is 0 Å². The average molecular weight is 416 g/mol. The molecule has 0 unspecified atom stereocenters. The van der Waals surface area contributed by atoms with Crippen LogP contribution in [0.3, 0.4) is 0 Å². The van der Waals surface area contributed by atoms with Crippen LogP contribution in [-0.2, 0) is 0 Å². The Morgan fingerprint density at radius 2 is 1.00 bits per heavy atom. The molecular weight excluding hydrogens is 394 g/mol. The van der Waals surface area contributed by atoms with E-state index in [1.54, 1.807) is 82.5 Å². The number of rotatable bonds is 11. The Morgan fingerprint density at radius 3 is 1.32 bits per heavy atom. The monoisotopic (exact) mass is 416 g/mol. The topological polar surface area (TPSA) is 106 Å². The van der Waals surface area contributed by atoms with E-state index < -0.39 is 14.2 Å². The number of hydrogen-bond donors (Lipinski definition) is 4. The first kappa shape index (κ1) is 22.7. The van der Waals surface area contributed by atoms with Crippen LogP contribution < -0.4 is 10.9 Å². The molecule has 10 heteroatoms. The van der Waals surface area contributed by atoms with E-state index in [2.05, 4.69) is 9.98 Å². The maximum absolute atomic E-state index is 9.04. The third-order valence-corrected chi connectivity index (χ3v) is 6.01. The highest BCUT2D eigenvalue weighted by Crippen LogP contribution is 2.20. The van der Waals surface area contributed by atoms with Crippen LogP contribution in [0.2, 0.25) is 0 Å². The summed E-state index contributed by atoms with van der Waals surface area (Å²) in [5, 5.41) is 36.2. The lowest BCUT2D eigenvalue weighted by molar-refractivity contribution is 0.424. The van der Waals surface area contributed by atoms with Gasteiger partial charge in [-0.1, -0.05) is 70.1 Å². The molecule has 0 amide bonds. The third kappa shape index (κ3) is 8.64. The van der Waals surface area contributed by atoms with Crippen molar-refractivity contribution in [1.29, 1.82) is 0 Å². The molecule has 0 saturated carbocycles. The molecule has 2 aromatic rings. The summed E-state index contributed by atoms with van der Waals surface area (Å²) in [4.78, 5) is 8.72. The highest BCUT2D eigenvalue weighted by molar-refractivity contribution is 8.76. The molecule has 0 saturated heterocycles. The fourth-order valence-corrected chi connectivity index (χ4v) is 3.90. The second kappa shape index (κ2) is 12.8. The molecule has 0 bridgehead atoms. The van der Waals surface area contributed by atoms with Gasteiger partial charge in [-0.05, 0) is 22.1 Å². The van der Waals surface area contributed by atoms with Crippen molar-refractivity contribution in [2.24, 2.45) is 9.98 Å². The molecule has 0 aromatic heterocycles. The van der Waals surface area contributed by atoms with Crippen LogP contribution >= 0.6 is 21.6 Å². The number of benzene rings is 2. The van der Waals surface area contributed by atoms with Gasteiger partial charge in [-0.25, -0.2) is 0 Å². The molecule has 0 aliphatic rings. The smallest absolute Gasteiger partial charge is 0.423 e. The number of aliphatic imine (C=N–C) groups is 2. The zero-order valence-electron chi connectivity index (χ0n) is 15.3. The maximum atomic E-state index is 9.04. The van der Waals surface area contributed by atoms with E-state index in [1.165, 1.54) is 0 Å². The highest BCUT2D eigenvalue weighted by atomic mass is 33.1. The minimum Gasteiger partial charge on any atom is -0.423 e. The molecule has 4 N–H and O–H groups in total. The lowest BCUT2D eigenvalue weighted by atomic mass is 9.80. The fraction of sp³-hybridized carbons (Fsp3) is 0.222. The standard InChI is InChI=1S/C18H22B2N2O4S2/c23-19(24)17-5-1-15(2-6-17)13-21-9-11-27-28-12-10-22-14-16-3-7-18(8-4-16)20(25)26/h1-8,13-14,23-26H,9-12H2. The van der Waals surface area contributed by atoms with Gasteiger partial charge in [-0.3, -0.25) is 9.98 Å². The third-order valence-electron chi connectivity index (χ3n) is 3.64. The van der Waals surface area contributed by atoms with Crippen molar-refractivity contribution >= 4 is 59.2 Å².